The van der Waals surface area contributed by atoms with Gasteiger partial charge in [0.1, 0.15) is 0 Å². The van der Waals surface area contributed by atoms with Crippen LogP contribution in [0.3, 0.4) is 0 Å². The van der Waals surface area contributed by atoms with Gasteiger partial charge in [-0.25, -0.2) is 0 Å². The summed E-state index contributed by atoms with van der Waals surface area (Å²) in [6, 6.07) is 14.6. The fraction of sp³-hybridized carbons (Fsp3) is 0.345. The summed E-state index contributed by atoms with van der Waals surface area (Å²) < 4.78 is 7.48. The van der Waals surface area contributed by atoms with Gasteiger partial charge in [-0.05, 0) is 53.2 Å². The fourth-order valence-electron chi connectivity index (χ4n) is 5.23. The van der Waals surface area contributed by atoms with E-state index in [1.165, 1.54) is 16.8 Å². The summed E-state index contributed by atoms with van der Waals surface area (Å²) in [6.07, 6.45) is 5.13. The number of ketones is 1. The molecule has 0 atom stereocenters. The Hall–Kier alpha value is -3.39. The first-order valence-corrected chi connectivity index (χ1v) is 12.7. The molecule has 0 aliphatic carbocycles. The summed E-state index contributed by atoms with van der Waals surface area (Å²) in [5, 5.41) is 10.1. The highest BCUT2D eigenvalue weighted by atomic mass is 16.5. The number of nitrogens with one attached hydrogen (secondary N) is 1. The Kier molecular flexibility index (Phi) is 6.35. The Morgan fingerprint density at radius 2 is 1.92 bits per heavy atom. The highest BCUT2D eigenvalue weighted by molar-refractivity contribution is 5.98. The predicted molar refractivity (Wildman–Crippen MR) is 140 cm³/mol. The zero-order valence-electron chi connectivity index (χ0n) is 20.7. The van der Waals surface area contributed by atoms with Gasteiger partial charge in [0.05, 0.1) is 31.5 Å². The molecule has 0 bridgehead atoms. The number of hydrogen-bond acceptors (Lipinski definition) is 6. The molecule has 7 nitrogen and oxygen atoms in total. The lowest BCUT2D eigenvalue weighted by molar-refractivity contribution is 0.0332. The number of carbonyl (C=O) groups excluding carboxylic acids is 1. The maximum absolute atomic E-state index is 13.1. The number of rotatable bonds is 6. The molecule has 0 saturated carbocycles. The molecular formula is C29H31N5O2. The van der Waals surface area contributed by atoms with Crippen LogP contribution >= 0.6 is 0 Å². The van der Waals surface area contributed by atoms with E-state index >= 15 is 0 Å². The van der Waals surface area contributed by atoms with Crippen LogP contribution in [0, 0.1) is 0 Å². The van der Waals surface area contributed by atoms with Gasteiger partial charge in [0.15, 0.2) is 5.78 Å². The van der Waals surface area contributed by atoms with E-state index < -0.39 is 0 Å². The normalized spacial score (nSPS) is 16.2. The Labute approximate surface area is 211 Å². The van der Waals surface area contributed by atoms with E-state index in [4.69, 9.17) is 4.74 Å². The molecule has 4 heterocycles. The SMILES string of the molecule is Cn1ncc(-c2ccc3cnc(CC(=O)c4ccc5c(c4)CNCC5)cc3c2)c1CN1CCOCC1. The second-order valence-corrected chi connectivity index (χ2v) is 9.76. The van der Waals surface area contributed by atoms with Crippen LogP contribution in [-0.4, -0.2) is 58.3 Å². The van der Waals surface area contributed by atoms with Crippen molar-refractivity contribution in [1.82, 2.24) is 25.0 Å². The summed E-state index contributed by atoms with van der Waals surface area (Å²) in [4.78, 5) is 20.1. The largest absolute Gasteiger partial charge is 0.379 e. The summed E-state index contributed by atoms with van der Waals surface area (Å²) in [5.74, 6) is 0.103. The number of morpholine rings is 1. The van der Waals surface area contributed by atoms with Gasteiger partial charge in [0, 0.05) is 61.6 Å². The number of aryl methyl sites for hydroxylation is 1. The number of ether oxygens (including phenoxy) is 1. The molecule has 0 radical (unpaired) electrons. The smallest absolute Gasteiger partial charge is 0.168 e. The Bertz CT molecular complexity index is 1420. The van der Waals surface area contributed by atoms with Crippen molar-refractivity contribution in [3.05, 3.63) is 82.9 Å². The highest BCUT2D eigenvalue weighted by Crippen LogP contribution is 2.28. The molecule has 7 heteroatoms. The van der Waals surface area contributed by atoms with Gasteiger partial charge in [-0.2, -0.15) is 5.10 Å². The monoisotopic (exact) mass is 481 g/mol. The lowest BCUT2D eigenvalue weighted by Crippen LogP contribution is -2.36. The highest BCUT2D eigenvalue weighted by Gasteiger charge is 2.18. The average Bonchev–Trinajstić information content (AvgIpc) is 3.28. The maximum Gasteiger partial charge on any atom is 0.168 e. The van der Waals surface area contributed by atoms with E-state index in [0.717, 1.165) is 85.5 Å². The molecule has 6 rings (SSSR count). The Morgan fingerprint density at radius 1 is 1.03 bits per heavy atom. The molecule has 1 fully saturated rings. The van der Waals surface area contributed by atoms with E-state index in [1.54, 1.807) is 0 Å². The number of carbonyl (C=O) groups is 1. The van der Waals surface area contributed by atoms with Crippen LogP contribution in [0.25, 0.3) is 21.9 Å². The van der Waals surface area contributed by atoms with Crippen molar-refractivity contribution in [1.29, 1.82) is 0 Å². The molecule has 1 saturated heterocycles. The van der Waals surface area contributed by atoms with Crippen LogP contribution in [0.2, 0.25) is 0 Å². The van der Waals surface area contributed by atoms with Crippen molar-refractivity contribution in [2.75, 3.05) is 32.8 Å². The lowest BCUT2D eigenvalue weighted by Gasteiger charge is -2.27. The fourth-order valence-corrected chi connectivity index (χ4v) is 5.23. The maximum atomic E-state index is 13.1. The number of aromatic nitrogens is 3. The van der Waals surface area contributed by atoms with E-state index in [-0.39, 0.29) is 5.78 Å². The van der Waals surface area contributed by atoms with Gasteiger partial charge in [0.25, 0.3) is 0 Å². The summed E-state index contributed by atoms with van der Waals surface area (Å²) >= 11 is 0. The number of pyridine rings is 1. The number of fused-ring (bicyclic) bond motifs is 2. The van der Waals surface area contributed by atoms with Crippen molar-refractivity contribution in [2.24, 2.45) is 7.05 Å². The molecule has 1 N–H and O–H groups in total. The molecule has 2 aromatic carbocycles. The van der Waals surface area contributed by atoms with Crippen LogP contribution in [0.5, 0.6) is 0 Å². The van der Waals surface area contributed by atoms with Gasteiger partial charge in [0.2, 0.25) is 0 Å². The second-order valence-electron chi connectivity index (χ2n) is 9.76. The number of hydrogen-bond donors (Lipinski definition) is 1. The lowest BCUT2D eigenvalue weighted by atomic mass is 9.95. The van der Waals surface area contributed by atoms with Crippen molar-refractivity contribution in [3.63, 3.8) is 0 Å². The van der Waals surface area contributed by atoms with Crippen molar-refractivity contribution < 1.29 is 9.53 Å². The Morgan fingerprint density at radius 3 is 2.81 bits per heavy atom. The second kappa shape index (κ2) is 9.93. The van der Waals surface area contributed by atoms with Crippen molar-refractivity contribution in [2.45, 2.75) is 25.9 Å². The molecule has 184 valence electrons. The minimum absolute atomic E-state index is 0.103. The first-order chi connectivity index (χ1) is 17.6. The van der Waals surface area contributed by atoms with Gasteiger partial charge >= 0.3 is 0 Å². The molecule has 0 spiro atoms. The third-order valence-electron chi connectivity index (χ3n) is 7.38. The van der Waals surface area contributed by atoms with Gasteiger partial charge in [-0.3, -0.25) is 19.4 Å². The summed E-state index contributed by atoms with van der Waals surface area (Å²) in [5.41, 5.74) is 7.59. The third kappa shape index (κ3) is 4.69. The predicted octanol–water partition coefficient (Wildman–Crippen LogP) is 3.54. The van der Waals surface area contributed by atoms with Gasteiger partial charge in [-0.1, -0.05) is 24.3 Å². The zero-order valence-corrected chi connectivity index (χ0v) is 20.7. The topological polar surface area (TPSA) is 72.3 Å². The number of nitrogens with zero attached hydrogens (tertiary/aromatic N) is 4. The molecule has 2 aliphatic rings. The molecule has 2 aliphatic heterocycles. The zero-order chi connectivity index (χ0) is 24.5. The Balaban J connectivity index is 1.25. The van der Waals surface area contributed by atoms with E-state index in [9.17, 15) is 4.79 Å². The quantitative estimate of drug-likeness (QED) is 0.425. The van der Waals surface area contributed by atoms with Crippen LogP contribution in [0.1, 0.15) is 32.9 Å². The molecule has 0 unspecified atom stereocenters. The first-order valence-electron chi connectivity index (χ1n) is 12.7. The van der Waals surface area contributed by atoms with Crippen LogP contribution in [0.4, 0.5) is 0 Å². The van der Waals surface area contributed by atoms with Gasteiger partial charge < -0.3 is 10.1 Å². The summed E-state index contributed by atoms with van der Waals surface area (Å²) in [7, 11) is 2.00. The van der Waals surface area contributed by atoms with E-state index in [2.05, 4.69) is 50.6 Å². The number of benzene rings is 2. The molecule has 4 aromatic rings. The first kappa shape index (κ1) is 23.0. The van der Waals surface area contributed by atoms with E-state index in [1.807, 2.05) is 36.3 Å². The van der Waals surface area contributed by atoms with Crippen LogP contribution in [-0.2, 0) is 37.7 Å². The van der Waals surface area contributed by atoms with Crippen molar-refractivity contribution in [3.8, 4) is 11.1 Å². The van der Waals surface area contributed by atoms with E-state index in [0.29, 0.717) is 6.42 Å². The number of Topliss-reactive ketones (excluding diaryl/α,β-unsaturated/α-hetero) is 1. The standard InChI is InChI=1S/C29H31N5O2/c1-33-28(19-34-8-10-36-11-9-34)27(18-32-33)21-3-5-23-17-31-26(14-24(23)12-21)15-29(35)22-4-2-20-6-7-30-16-25(20)13-22/h2-5,12-14,17-18,30H,6-11,15-16,19H2,1H3. The summed E-state index contributed by atoms with van der Waals surface area (Å²) in [6.45, 7) is 6.10. The molecule has 2 aromatic heterocycles. The van der Waals surface area contributed by atoms with Crippen LogP contribution in [0.15, 0.2) is 54.9 Å². The van der Waals surface area contributed by atoms with Crippen molar-refractivity contribution >= 4 is 16.6 Å². The third-order valence-corrected chi connectivity index (χ3v) is 7.38. The molecule has 0 amide bonds. The molecular weight excluding hydrogens is 450 g/mol. The average molecular weight is 482 g/mol. The minimum atomic E-state index is 0.103. The minimum Gasteiger partial charge on any atom is -0.379 e. The molecule has 36 heavy (non-hydrogen) atoms. The van der Waals surface area contributed by atoms with Gasteiger partial charge in [-0.15, -0.1) is 0 Å². The van der Waals surface area contributed by atoms with Crippen LogP contribution < -0.4 is 5.32 Å².